The molecule has 1 aromatic carbocycles. The number of aromatic nitrogens is 1. The van der Waals surface area contributed by atoms with Crippen LogP contribution in [0.25, 0.3) is 11.1 Å². The SMILES string of the molecule is CC(NC(=O)O)c1ccc(-c2ccc([C@H]3OC(C)(C)N(C(=O)C(F)F)[C@@H]3CF)cc2)cn1. The van der Waals surface area contributed by atoms with Gasteiger partial charge in [0, 0.05) is 11.8 Å². The van der Waals surface area contributed by atoms with Crippen molar-refractivity contribution < 1.29 is 32.6 Å². The minimum atomic E-state index is -3.25. The van der Waals surface area contributed by atoms with E-state index < -0.39 is 49.0 Å². The molecule has 1 unspecified atom stereocenters. The van der Waals surface area contributed by atoms with Gasteiger partial charge in [-0.3, -0.25) is 9.78 Å². The first-order chi connectivity index (χ1) is 15.0. The van der Waals surface area contributed by atoms with Crippen LogP contribution >= 0.6 is 0 Å². The van der Waals surface area contributed by atoms with Gasteiger partial charge in [-0.25, -0.2) is 9.18 Å². The quantitative estimate of drug-likeness (QED) is 0.683. The van der Waals surface area contributed by atoms with Gasteiger partial charge in [-0.15, -0.1) is 0 Å². The Labute approximate surface area is 183 Å². The van der Waals surface area contributed by atoms with Crippen LogP contribution in [0.1, 0.15) is 44.2 Å². The van der Waals surface area contributed by atoms with Gasteiger partial charge >= 0.3 is 12.5 Å². The fraction of sp³-hybridized carbons (Fsp3) is 0.409. The number of hydrogen-bond acceptors (Lipinski definition) is 4. The molecule has 3 atom stereocenters. The lowest BCUT2D eigenvalue weighted by atomic mass is 9.99. The van der Waals surface area contributed by atoms with Crippen LogP contribution in [-0.2, 0) is 9.53 Å². The number of amides is 2. The van der Waals surface area contributed by atoms with Gasteiger partial charge in [0.1, 0.15) is 18.5 Å². The predicted octanol–water partition coefficient (Wildman–Crippen LogP) is 4.32. The number of nitrogens with one attached hydrogen (secondary N) is 1. The molecule has 0 spiro atoms. The Hall–Kier alpha value is -3.14. The summed E-state index contributed by atoms with van der Waals surface area (Å²) in [5.74, 6) is -1.46. The molecule has 0 radical (unpaired) electrons. The van der Waals surface area contributed by atoms with Gasteiger partial charge in [0.2, 0.25) is 0 Å². The first kappa shape index (κ1) is 23.5. The number of benzene rings is 1. The number of carbonyl (C=O) groups is 2. The van der Waals surface area contributed by atoms with E-state index in [9.17, 15) is 22.8 Å². The van der Waals surface area contributed by atoms with E-state index in [1.54, 1.807) is 49.5 Å². The molecule has 1 aromatic heterocycles. The van der Waals surface area contributed by atoms with Gasteiger partial charge in [-0.05, 0) is 38.0 Å². The Morgan fingerprint density at radius 2 is 1.81 bits per heavy atom. The second kappa shape index (κ2) is 9.15. The molecule has 3 rings (SSSR count). The lowest BCUT2D eigenvalue weighted by Gasteiger charge is -2.32. The third kappa shape index (κ3) is 4.69. The summed E-state index contributed by atoms with van der Waals surface area (Å²) >= 11 is 0. The van der Waals surface area contributed by atoms with E-state index in [1.807, 2.05) is 0 Å². The van der Waals surface area contributed by atoms with Crippen LogP contribution in [0.3, 0.4) is 0 Å². The molecule has 2 aromatic rings. The van der Waals surface area contributed by atoms with E-state index >= 15 is 0 Å². The monoisotopic (exact) mass is 451 g/mol. The van der Waals surface area contributed by atoms with E-state index in [4.69, 9.17) is 9.84 Å². The number of alkyl halides is 3. The molecule has 0 aliphatic carbocycles. The van der Waals surface area contributed by atoms with Crippen molar-refractivity contribution in [2.45, 2.75) is 51.1 Å². The summed E-state index contributed by atoms with van der Waals surface area (Å²) in [6.45, 7) is 3.56. The first-order valence-corrected chi connectivity index (χ1v) is 9.96. The number of rotatable bonds is 6. The molecule has 0 saturated carbocycles. The lowest BCUT2D eigenvalue weighted by Crippen LogP contribution is -2.51. The molecule has 10 heteroatoms. The predicted molar refractivity (Wildman–Crippen MR) is 110 cm³/mol. The van der Waals surface area contributed by atoms with Crippen molar-refractivity contribution in [1.29, 1.82) is 0 Å². The maximum Gasteiger partial charge on any atom is 0.405 e. The zero-order valence-electron chi connectivity index (χ0n) is 17.8. The summed E-state index contributed by atoms with van der Waals surface area (Å²) in [6.07, 6.45) is -3.68. The van der Waals surface area contributed by atoms with Crippen LogP contribution in [0, 0.1) is 0 Å². The number of ether oxygens (including phenoxy) is 1. The van der Waals surface area contributed by atoms with Gasteiger partial charge in [0.05, 0.1) is 17.8 Å². The Morgan fingerprint density at radius 1 is 1.19 bits per heavy atom. The van der Waals surface area contributed by atoms with Crippen LogP contribution in [0.2, 0.25) is 0 Å². The molecule has 2 heterocycles. The molecule has 1 aliphatic rings. The van der Waals surface area contributed by atoms with Crippen molar-refractivity contribution in [3.05, 3.63) is 53.9 Å². The smallest absolute Gasteiger partial charge is 0.405 e. The van der Waals surface area contributed by atoms with E-state index in [-0.39, 0.29) is 0 Å². The van der Waals surface area contributed by atoms with Crippen molar-refractivity contribution in [2.75, 3.05) is 6.67 Å². The second-order valence-electron chi connectivity index (χ2n) is 7.98. The molecule has 2 N–H and O–H groups in total. The molecule has 1 aliphatic heterocycles. The van der Waals surface area contributed by atoms with Crippen molar-refractivity contribution in [1.82, 2.24) is 15.2 Å². The fourth-order valence-electron chi connectivity index (χ4n) is 3.91. The zero-order chi connectivity index (χ0) is 23.6. The highest BCUT2D eigenvalue weighted by Crippen LogP contribution is 2.42. The molecule has 2 amide bonds. The van der Waals surface area contributed by atoms with Crippen LogP contribution in [-0.4, -0.2) is 51.9 Å². The second-order valence-corrected chi connectivity index (χ2v) is 7.98. The normalized spacial score (nSPS) is 20.9. The lowest BCUT2D eigenvalue weighted by molar-refractivity contribution is -0.159. The first-order valence-electron chi connectivity index (χ1n) is 9.96. The van der Waals surface area contributed by atoms with E-state index in [2.05, 4.69) is 10.3 Å². The molecule has 1 saturated heterocycles. The van der Waals surface area contributed by atoms with Crippen molar-refractivity contribution in [2.24, 2.45) is 0 Å². The molecule has 1 fully saturated rings. The summed E-state index contributed by atoms with van der Waals surface area (Å²) in [5.41, 5.74) is 1.30. The summed E-state index contributed by atoms with van der Waals surface area (Å²) in [4.78, 5) is 27.8. The number of halogens is 3. The maximum atomic E-state index is 13.8. The zero-order valence-corrected chi connectivity index (χ0v) is 17.8. The van der Waals surface area contributed by atoms with Crippen LogP contribution in [0.5, 0.6) is 0 Å². The van der Waals surface area contributed by atoms with E-state index in [0.29, 0.717) is 11.3 Å². The van der Waals surface area contributed by atoms with Gasteiger partial charge in [-0.1, -0.05) is 30.3 Å². The number of pyridine rings is 1. The standard InChI is InChI=1S/C22H24F3N3O4/c1-12(27-21(30)31)16-9-8-15(11-26-16)13-4-6-14(7-5-13)18-17(10-23)28(20(29)19(24)25)22(2,3)32-18/h4-9,11-12,17-19,27H,10H2,1-3H3,(H,30,31)/t12?,17-,18-/m1/s1. The Kier molecular flexibility index (Phi) is 6.73. The fourth-order valence-corrected chi connectivity index (χ4v) is 3.91. The third-order valence-corrected chi connectivity index (χ3v) is 5.40. The average Bonchev–Trinajstić information content (AvgIpc) is 3.03. The Bertz CT molecular complexity index is 967. The average molecular weight is 451 g/mol. The topological polar surface area (TPSA) is 91.8 Å². The summed E-state index contributed by atoms with van der Waals surface area (Å²) in [5, 5.41) is 11.1. The summed E-state index contributed by atoms with van der Waals surface area (Å²) in [7, 11) is 0. The van der Waals surface area contributed by atoms with E-state index in [1.165, 1.54) is 13.8 Å². The minimum absolute atomic E-state index is 0.469. The van der Waals surface area contributed by atoms with Crippen LogP contribution < -0.4 is 5.32 Å². The largest absolute Gasteiger partial charge is 0.465 e. The van der Waals surface area contributed by atoms with E-state index in [0.717, 1.165) is 16.0 Å². The molecule has 0 bridgehead atoms. The highest BCUT2D eigenvalue weighted by atomic mass is 19.3. The Morgan fingerprint density at radius 3 is 2.31 bits per heavy atom. The Balaban J connectivity index is 1.81. The van der Waals surface area contributed by atoms with Gasteiger partial charge in [0.15, 0.2) is 0 Å². The molecular weight excluding hydrogens is 427 g/mol. The highest BCUT2D eigenvalue weighted by molar-refractivity contribution is 5.80. The van der Waals surface area contributed by atoms with Crippen LogP contribution in [0.15, 0.2) is 42.6 Å². The summed E-state index contributed by atoms with van der Waals surface area (Å²) in [6, 6.07) is 8.77. The molecule has 32 heavy (non-hydrogen) atoms. The van der Waals surface area contributed by atoms with Crippen LogP contribution in [0.4, 0.5) is 18.0 Å². The molecule has 172 valence electrons. The van der Waals surface area contributed by atoms with Gasteiger partial charge in [-0.2, -0.15) is 8.78 Å². The number of nitrogens with zero attached hydrogens (tertiary/aromatic N) is 2. The number of carbonyl (C=O) groups excluding carboxylic acids is 1. The van der Waals surface area contributed by atoms with Gasteiger partial charge in [0.25, 0.3) is 5.91 Å². The summed E-state index contributed by atoms with van der Waals surface area (Å²) < 4.78 is 45.7. The third-order valence-electron chi connectivity index (χ3n) is 5.40. The van der Waals surface area contributed by atoms with Crippen molar-refractivity contribution in [3.8, 4) is 11.1 Å². The molecule has 7 nitrogen and oxygen atoms in total. The molecular formula is C22H24F3N3O4. The maximum absolute atomic E-state index is 13.8. The van der Waals surface area contributed by atoms with Crippen molar-refractivity contribution >= 4 is 12.0 Å². The number of carboxylic acid groups (broad SMARTS) is 1. The van der Waals surface area contributed by atoms with Gasteiger partial charge < -0.3 is 20.1 Å². The number of hydrogen-bond donors (Lipinski definition) is 2. The van der Waals surface area contributed by atoms with Crippen molar-refractivity contribution in [3.63, 3.8) is 0 Å². The highest BCUT2D eigenvalue weighted by Gasteiger charge is 2.52. The minimum Gasteiger partial charge on any atom is -0.465 e.